The summed E-state index contributed by atoms with van der Waals surface area (Å²) in [6, 6.07) is 17.8. The molecule has 0 aliphatic carbocycles. The van der Waals surface area contributed by atoms with Gasteiger partial charge in [-0.2, -0.15) is 0 Å². The second-order valence-corrected chi connectivity index (χ2v) is 6.94. The Labute approximate surface area is 145 Å². The first kappa shape index (κ1) is 15.5. The fourth-order valence-electron chi connectivity index (χ4n) is 3.84. The van der Waals surface area contributed by atoms with Gasteiger partial charge in [-0.3, -0.25) is 4.90 Å². The van der Waals surface area contributed by atoms with Crippen LogP contribution in [0.2, 0.25) is 0 Å². The van der Waals surface area contributed by atoms with Crippen molar-refractivity contribution in [1.82, 2.24) is 4.90 Å². The van der Waals surface area contributed by atoms with Crippen molar-refractivity contribution in [2.45, 2.75) is 19.3 Å². The number of anilines is 2. The number of piperazine rings is 1. The molecular formula is C21H27N3. The van der Waals surface area contributed by atoms with Gasteiger partial charge in [-0.1, -0.05) is 30.3 Å². The minimum absolute atomic E-state index is 1.12. The Kier molecular flexibility index (Phi) is 4.70. The molecule has 2 aromatic carbocycles. The van der Waals surface area contributed by atoms with Crippen molar-refractivity contribution in [2.75, 3.05) is 49.5 Å². The van der Waals surface area contributed by atoms with Gasteiger partial charge in [0.25, 0.3) is 0 Å². The summed E-state index contributed by atoms with van der Waals surface area (Å²) in [6.07, 6.45) is 3.66. The van der Waals surface area contributed by atoms with E-state index in [0.29, 0.717) is 0 Å². The van der Waals surface area contributed by atoms with Gasteiger partial charge in [-0.25, -0.2) is 0 Å². The zero-order valence-electron chi connectivity index (χ0n) is 14.4. The maximum absolute atomic E-state index is 3.50. The zero-order chi connectivity index (χ0) is 16.2. The molecule has 0 amide bonds. The maximum atomic E-state index is 3.50. The van der Waals surface area contributed by atoms with Crippen molar-refractivity contribution in [3.63, 3.8) is 0 Å². The van der Waals surface area contributed by atoms with E-state index in [-0.39, 0.29) is 0 Å². The van der Waals surface area contributed by atoms with E-state index >= 15 is 0 Å². The van der Waals surface area contributed by atoms with Crippen molar-refractivity contribution in [3.05, 3.63) is 59.7 Å². The molecule has 0 bridgehead atoms. The number of nitrogens with one attached hydrogen (secondary N) is 1. The van der Waals surface area contributed by atoms with Crippen molar-refractivity contribution in [1.29, 1.82) is 0 Å². The van der Waals surface area contributed by atoms with Gasteiger partial charge in [0.15, 0.2) is 0 Å². The lowest BCUT2D eigenvalue weighted by Gasteiger charge is -2.36. The molecule has 3 heteroatoms. The van der Waals surface area contributed by atoms with Crippen LogP contribution in [0.15, 0.2) is 48.5 Å². The topological polar surface area (TPSA) is 18.5 Å². The number of fused-ring (bicyclic) bond motifs is 1. The van der Waals surface area contributed by atoms with E-state index in [2.05, 4.69) is 63.6 Å². The summed E-state index contributed by atoms with van der Waals surface area (Å²) in [4.78, 5) is 5.11. The first-order chi connectivity index (χ1) is 11.9. The molecule has 0 radical (unpaired) electrons. The van der Waals surface area contributed by atoms with Crippen LogP contribution in [0.1, 0.15) is 17.5 Å². The van der Waals surface area contributed by atoms with E-state index in [4.69, 9.17) is 0 Å². The summed E-state index contributed by atoms with van der Waals surface area (Å²) < 4.78 is 0. The quantitative estimate of drug-likeness (QED) is 0.931. The van der Waals surface area contributed by atoms with E-state index in [9.17, 15) is 0 Å². The van der Waals surface area contributed by atoms with Crippen LogP contribution in [0.3, 0.4) is 0 Å². The van der Waals surface area contributed by atoms with Crippen molar-refractivity contribution in [2.24, 2.45) is 0 Å². The standard InChI is InChI=1S/C21H27N3/c1-2-6-20(7-3-1)24-15-13-23(14-16-24)12-10-18-8-9-21-19(17-18)5-4-11-22-21/h1-3,6-9,17,22H,4-5,10-16H2. The van der Waals surface area contributed by atoms with Gasteiger partial charge in [-0.15, -0.1) is 0 Å². The highest BCUT2D eigenvalue weighted by Crippen LogP contribution is 2.23. The van der Waals surface area contributed by atoms with E-state index < -0.39 is 0 Å². The molecule has 126 valence electrons. The molecule has 0 saturated carbocycles. The molecule has 2 heterocycles. The van der Waals surface area contributed by atoms with E-state index in [1.807, 2.05) is 0 Å². The largest absolute Gasteiger partial charge is 0.385 e. The predicted molar refractivity (Wildman–Crippen MR) is 102 cm³/mol. The fourth-order valence-corrected chi connectivity index (χ4v) is 3.84. The summed E-state index contributed by atoms with van der Waals surface area (Å²) in [7, 11) is 0. The third-order valence-electron chi connectivity index (χ3n) is 5.32. The van der Waals surface area contributed by atoms with Crippen LogP contribution in [-0.4, -0.2) is 44.2 Å². The predicted octanol–water partition coefficient (Wildman–Crippen LogP) is 3.41. The normalized spacial score (nSPS) is 18.1. The van der Waals surface area contributed by atoms with Gasteiger partial charge >= 0.3 is 0 Å². The van der Waals surface area contributed by atoms with E-state index in [1.165, 1.54) is 61.4 Å². The van der Waals surface area contributed by atoms with Gasteiger partial charge in [0, 0.05) is 50.6 Å². The average molecular weight is 321 g/mol. The van der Waals surface area contributed by atoms with Gasteiger partial charge in [0.05, 0.1) is 0 Å². The summed E-state index contributed by atoms with van der Waals surface area (Å²) >= 11 is 0. The molecule has 3 nitrogen and oxygen atoms in total. The van der Waals surface area contributed by atoms with Crippen LogP contribution in [0.25, 0.3) is 0 Å². The molecule has 1 saturated heterocycles. The number of hydrogen-bond donors (Lipinski definition) is 1. The van der Waals surface area contributed by atoms with Crippen molar-refractivity contribution >= 4 is 11.4 Å². The first-order valence-corrected chi connectivity index (χ1v) is 9.26. The highest BCUT2D eigenvalue weighted by Gasteiger charge is 2.17. The highest BCUT2D eigenvalue weighted by molar-refractivity contribution is 5.54. The minimum atomic E-state index is 1.12. The third-order valence-corrected chi connectivity index (χ3v) is 5.32. The van der Waals surface area contributed by atoms with E-state index in [0.717, 1.165) is 19.6 Å². The summed E-state index contributed by atoms with van der Waals surface area (Å²) in [5.41, 5.74) is 5.70. The first-order valence-electron chi connectivity index (χ1n) is 9.26. The summed E-state index contributed by atoms with van der Waals surface area (Å²) in [5, 5.41) is 3.50. The molecule has 0 spiro atoms. The molecule has 4 rings (SSSR count). The Morgan fingerprint density at radius 3 is 2.58 bits per heavy atom. The molecule has 2 aliphatic rings. The van der Waals surface area contributed by atoms with Crippen LogP contribution in [0, 0.1) is 0 Å². The van der Waals surface area contributed by atoms with Gasteiger partial charge in [0.2, 0.25) is 0 Å². The lowest BCUT2D eigenvalue weighted by molar-refractivity contribution is 0.261. The summed E-state index contributed by atoms with van der Waals surface area (Å²) in [6.45, 7) is 6.91. The van der Waals surface area contributed by atoms with E-state index in [1.54, 1.807) is 0 Å². The molecule has 1 fully saturated rings. The Morgan fingerprint density at radius 1 is 0.917 bits per heavy atom. The summed E-state index contributed by atoms with van der Waals surface area (Å²) in [5.74, 6) is 0. The number of para-hydroxylation sites is 1. The monoisotopic (exact) mass is 321 g/mol. The van der Waals surface area contributed by atoms with Crippen molar-refractivity contribution in [3.8, 4) is 0 Å². The molecule has 2 aromatic rings. The lowest BCUT2D eigenvalue weighted by Crippen LogP contribution is -2.46. The molecule has 24 heavy (non-hydrogen) atoms. The van der Waals surface area contributed by atoms with Crippen molar-refractivity contribution < 1.29 is 0 Å². The van der Waals surface area contributed by atoms with Crippen LogP contribution in [0.5, 0.6) is 0 Å². The molecule has 0 unspecified atom stereocenters. The minimum Gasteiger partial charge on any atom is -0.385 e. The SMILES string of the molecule is c1ccc(N2CCN(CCc3ccc4c(c3)CCCN4)CC2)cc1. The Hall–Kier alpha value is -2.00. The average Bonchev–Trinajstić information content (AvgIpc) is 2.67. The second-order valence-electron chi connectivity index (χ2n) is 6.94. The Bertz CT molecular complexity index is 660. The third kappa shape index (κ3) is 3.57. The van der Waals surface area contributed by atoms with Crippen LogP contribution >= 0.6 is 0 Å². The number of benzene rings is 2. The molecule has 2 aliphatic heterocycles. The lowest BCUT2D eigenvalue weighted by atomic mass is 9.99. The molecular weight excluding hydrogens is 294 g/mol. The Balaban J connectivity index is 1.28. The van der Waals surface area contributed by atoms with Crippen LogP contribution < -0.4 is 10.2 Å². The number of hydrogen-bond acceptors (Lipinski definition) is 3. The molecule has 0 aromatic heterocycles. The van der Waals surface area contributed by atoms with Crippen LogP contribution in [0.4, 0.5) is 11.4 Å². The smallest absolute Gasteiger partial charge is 0.0372 e. The van der Waals surface area contributed by atoms with Gasteiger partial charge < -0.3 is 10.2 Å². The Morgan fingerprint density at radius 2 is 1.75 bits per heavy atom. The fraction of sp³-hybridized carbons (Fsp3) is 0.429. The zero-order valence-corrected chi connectivity index (χ0v) is 14.4. The number of rotatable bonds is 4. The number of nitrogens with zero attached hydrogens (tertiary/aromatic N) is 2. The number of aryl methyl sites for hydroxylation is 1. The molecule has 1 N–H and O–H groups in total. The maximum Gasteiger partial charge on any atom is 0.0372 e. The van der Waals surface area contributed by atoms with Gasteiger partial charge in [0.1, 0.15) is 0 Å². The second kappa shape index (κ2) is 7.27. The molecule has 0 atom stereocenters. The van der Waals surface area contributed by atoms with Crippen LogP contribution in [-0.2, 0) is 12.8 Å². The highest BCUT2D eigenvalue weighted by atomic mass is 15.3. The van der Waals surface area contributed by atoms with Gasteiger partial charge in [-0.05, 0) is 48.6 Å².